The average Bonchev–Trinajstić information content (AvgIpc) is 2.93. The number of aromatic nitrogens is 5. The van der Waals surface area contributed by atoms with Crippen molar-refractivity contribution in [3.8, 4) is 28.8 Å². The van der Waals surface area contributed by atoms with Crippen LogP contribution in [0.25, 0.3) is 27.7 Å². The first-order valence-corrected chi connectivity index (χ1v) is 11.4. The number of fused-ring (bicyclic) bond motifs is 1. The number of nitrogens with two attached hydrogens (primary N) is 1. The molecule has 3 heterocycles. The van der Waals surface area contributed by atoms with Crippen molar-refractivity contribution < 1.29 is 4.74 Å². The summed E-state index contributed by atoms with van der Waals surface area (Å²) in [7, 11) is 1.54. The second-order valence-electron chi connectivity index (χ2n) is 8.20. The smallest absolute Gasteiger partial charge is 0.266 e. The largest absolute Gasteiger partial charge is 0.481 e. The van der Waals surface area contributed by atoms with Crippen molar-refractivity contribution in [2.24, 2.45) is 0 Å². The van der Waals surface area contributed by atoms with E-state index in [-0.39, 0.29) is 22.9 Å². The minimum Gasteiger partial charge on any atom is -0.481 e. The Kier molecular flexibility index (Phi) is 6.18. The van der Waals surface area contributed by atoms with Gasteiger partial charge in [-0.15, -0.1) is 0 Å². The lowest BCUT2D eigenvalue weighted by Crippen LogP contribution is -2.28. The van der Waals surface area contributed by atoms with E-state index >= 15 is 0 Å². The van der Waals surface area contributed by atoms with E-state index < -0.39 is 6.04 Å². The van der Waals surface area contributed by atoms with Crippen molar-refractivity contribution in [3.63, 3.8) is 0 Å². The molecule has 5 rings (SSSR count). The normalized spacial score (nSPS) is 11.6. The fourth-order valence-electron chi connectivity index (χ4n) is 4.15. The third-order valence-corrected chi connectivity index (χ3v) is 5.86. The highest BCUT2D eigenvalue weighted by Gasteiger charge is 2.21. The molecule has 0 aliphatic heterocycles. The molecule has 0 amide bonds. The molecule has 3 N–H and O–H groups in total. The van der Waals surface area contributed by atoms with Crippen LogP contribution in [0.5, 0.6) is 5.88 Å². The molecule has 3 aromatic heterocycles. The Morgan fingerprint density at radius 3 is 2.65 bits per heavy atom. The monoisotopic (exact) mass is 490 g/mol. The van der Waals surface area contributed by atoms with Crippen molar-refractivity contribution in [1.29, 1.82) is 5.26 Å². The molecule has 0 aliphatic rings. The van der Waals surface area contributed by atoms with Gasteiger partial charge in [0.25, 0.3) is 5.56 Å². The molecule has 1 atom stereocenters. The van der Waals surface area contributed by atoms with Gasteiger partial charge in [0.05, 0.1) is 35.9 Å². The van der Waals surface area contributed by atoms with Gasteiger partial charge in [0.1, 0.15) is 23.3 Å². The van der Waals surface area contributed by atoms with Crippen molar-refractivity contribution >= 4 is 22.7 Å². The molecule has 0 aliphatic carbocycles. The van der Waals surface area contributed by atoms with Gasteiger partial charge in [0.15, 0.2) is 0 Å². The van der Waals surface area contributed by atoms with Crippen LogP contribution in [0.1, 0.15) is 24.4 Å². The molecule has 5 aromatic rings. The van der Waals surface area contributed by atoms with Gasteiger partial charge in [-0.3, -0.25) is 9.36 Å². The Bertz CT molecular complexity index is 1710. The molecular weight excluding hydrogens is 468 g/mol. The van der Waals surface area contributed by atoms with Gasteiger partial charge in [-0.2, -0.15) is 10.2 Å². The maximum Gasteiger partial charge on any atom is 0.266 e. The van der Waals surface area contributed by atoms with Crippen LogP contribution in [-0.2, 0) is 0 Å². The first-order valence-electron chi connectivity index (χ1n) is 11.4. The summed E-state index contributed by atoms with van der Waals surface area (Å²) in [4.78, 5) is 31.3. The standard InChI is InChI=1S/C27H22N8O2/c1-16(32-24-18(14-28)15-31-27(29)34-24)25-33-21-10-6-9-20(17-11-12-30-22(13-17)37-2)23(21)26(36)35(25)19-7-4-3-5-8-19/h3-13,15-16H,1-2H3,(H3,29,31,32,34)/t16-/m1/s1. The topological polar surface area (TPSA) is 145 Å². The number of nitrogens with one attached hydrogen (secondary N) is 1. The van der Waals surface area contributed by atoms with Gasteiger partial charge in [-0.1, -0.05) is 30.3 Å². The number of nitriles is 1. The number of anilines is 2. The second-order valence-corrected chi connectivity index (χ2v) is 8.20. The number of para-hydroxylation sites is 1. The fourth-order valence-corrected chi connectivity index (χ4v) is 4.15. The van der Waals surface area contributed by atoms with Gasteiger partial charge in [0, 0.05) is 12.3 Å². The zero-order chi connectivity index (χ0) is 25.9. The van der Waals surface area contributed by atoms with Crippen molar-refractivity contribution in [2.45, 2.75) is 13.0 Å². The minimum atomic E-state index is -0.525. The summed E-state index contributed by atoms with van der Waals surface area (Å²) in [5, 5.41) is 13.1. The molecule has 0 radical (unpaired) electrons. The molecule has 182 valence electrons. The summed E-state index contributed by atoms with van der Waals surface area (Å²) in [5.74, 6) is 1.17. The van der Waals surface area contributed by atoms with Crippen LogP contribution >= 0.6 is 0 Å². The summed E-state index contributed by atoms with van der Waals surface area (Å²) < 4.78 is 6.85. The summed E-state index contributed by atoms with van der Waals surface area (Å²) in [6.45, 7) is 1.84. The van der Waals surface area contributed by atoms with E-state index in [1.54, 1.807) is 30.0 Å². The molecule has 0 fully saturated rings. The number of rotatable bonds is 6. The predicted octanol–water partition coefficient (Wildman–Crippen LogP) is 3.87. The summed E-state index contributed by atoms with van der Waals surface area (Å²) in [6.07, 6.45) is 2.99. The Balaban J connectivity index is 1.74. The van der Waals surface area contributed by atoms with Crippen LogP contribution < -0.4 is 21.3 Å². The Morgan fingerprint density at radius 1 is 1.08 bits per heavy atom. The maximum absolute atomic E-state index is 14.2. The number of methoxy groups -OCH3 is 1. The van der Waals surface area contributed by atoms with Crippen molar-refractivity contribution in [2.75, 3.05) is 18.2 Å². The molecule has 2 aromatic carbocycles. The van der Waals surface area contributed by atoms with E-state index in [2.05, 4.69) is 26.3 Å². The highest BCUT2D eigenvalue weighted by Crippen LogP contribution is 2.29. The van der Waals surface area contributed by atoms with Crippen LogP contribution in [0.2, 0.25) is 0 Å². The van der Waals surface area contributed by atoms with Crippen molar-refractivity contribution in [3.05, 3.63) is 94.8 Å². The van der Waals surface area contributed by atoms with Crippen LogP contribution in [0.3, 0.4) is 0 Å². The SMILES string of the molecule is COc1cc(-c2cccc3nc([C@@H](C)Nc4nc(N)ncc4C#N)n(-c4ccccc4)c(=O)c23)ccn1. The van der Waals surface area contributed by atoms with E-state index in [9.17, 15) is 10.1 Å². The van der Waals surface area contributed by atoms with Gasteiger partial charge in [0.2, 0.25) is 11.8 Å². The molecule has 0 bridgehead atoms. The van der Waals surface area contributed by atoms with Gasteiger partial charge in [-0.25, -0.2) is 15.0 Å². The molecule has 0 spiro atoms. The van der Waals surface area contributed by atoms with E-state index in [1.165, 1.54) is 6.20 Å². The predicted molar refractivity (Wildman–Crippen MR) is 140 cm³/mol. The molecule has 0 unspecified atom stereocenters. The van der Waals surface area contributed by atoms with E-state index in [1.807, 2.05) is 55.5 Å². The number of hydrogen-bond donors (Lipinski definition) is 2. The lowest BCUT2D eigenvalue weighted by Gasteiger charge is -2.21. The number of pyridine rings is 1. The van der Waals surface area contributed by atoms with E-state index in [4.69, 9.17) is 15.5 Å². The number of benzene rings is 2. The minimum absolute atomic E-state index is 0.0260. The number of hydrogen-bond acceptors (Lipinski definition) is 9. The maximum atomic E-state index is 14.2. The van der Waals surface area contributed by atoms with Crippen molar-refractivity contribution in [1.82, 2.24) is 24.5 Å². The second kappa shape index (κ2) is 9.75. The molecule has 0 saturated carbocycles. The molecule has 10 heteroatoms. The zero-order valence-corrected chi connectivity index (χ0v) is 20.1. The quantitative estimate of drug-likeness (QED) is 0.362. The highest BCUT2D eigenvalue weighted by atomic mass is 16.5. The van der Waals surface area contributed by atoms with E-state index in [0.29, 0.717) is 33.9 Å². The third-order valence-electron chi connectivity index (χ3n) is 5.86. The first-order chi connectivity index (χ1) is 18.0. The van der Waals surface area contributed by atoms with Crippen LogP contribution in [0, 0.1) is 11.3 Å². The number of ether oxygens (including phenoxy) is 1. The van der Waals surface area contributed by atoms with Crippen LogP contribution in [0.15, 0.2) is 77.9 Å². The summed E-state index contributed by atoms with van der Waals surface area (Å²) in [6, 6.07) is 19.9. The van der Waals surface area contributed by atoms with Gasteiger partial charge >= 0.3 is 0 Å². The molecule has 37 heavy (non-hydrogen) atoms. The number of nitrogen functional groups attached to an aromatic ring is 1. The Labute approximate surface area is 212 Å². The highest BCUT2D eigenvalue weighted by molar-refractivity contribution is 5.94. The molecule has 0 saturated heterocycles. The van der Waals surface area contributed by atoms with Crippen LogP contribution in [0.4, 0.5) is 11.8 Å². The Morgan fingerprint density at radius 2 is 1.89 bits per heavy atom. The lowest BCUT2D eigenvalue weighted by molar-refractivity contribution is 0.398. The average molecular weight is 491 g/mol. The summed E-state index contributed by atoms with van der Waals surface area (Å²) >= 11 is 0. The zero-order valence-electron chi connectivity index (χ0n) is 20.1. The van der Waals surface area contributed by atoms with E-state index in [0.717, 1.165) is 5.56 Å². The molecule has 10 nitrogen and oxygen atoms in total. The third kappa shape index (κ3) is 4.41. The number of nitrogens with zero attached hydrogens (tertiary/aromatic N) is 6. The van der Waals surface area contributed by atoms with Gasteiger partial charge in [-0.05, 0) is 42.3 Å². The lowest BCUT2D eigenvalue weighted by atomic mass is 10.0. The molecular formula is C27H22N8O2. The van der Waals surface area contributed by atoms with Crippen LogP contribution in [-0.4, -0.2) is 31.6 Å². The van der Waals surface area contributed by atoms with Gasteiger partial charge < -0.3 is 15.8 Å². The summed E-state index contributed by atoms with van der Waals surface area (Å²) in [5.41, 5.74) is 8.40. The first kappa shape index (κ1) is 23.4. The fraction of sp³-hybridized carbons (Fsp3) is 0.111. The Hall–Kier alpha value is -5.30.